The Bertz CT molecular complexity index is 806. The molecule has 0 bridgehead atoms. The third-order valence-electron chi connectivity index (χ3n) is 3.71. The molecule has 4 nitrogen and oxygen atoms in total. The van der Waals surface area contributed by atoms with Gasteiger partial charge in [-0.2, -0.15) is 0 Å². The van der Waals surface area contributed by atoms with Crippen LogP contribution in [-0.4, -0.2) is 10.7 Å². The molecule has 3 heterocycles. The first kappa shape index (κ1) is 11.3. The van der Waals surface area contributed by atoms with E-state index < -0.39 is 0 Å². The topological polar surface area (TPSA) is 44.4 Å². The first-order chi connectivity index (χ1) is 9.81. The molecule has 3 aromatic rings. The highest BCUT2D eigenvalue weighted by Crippen LogP contribution is 2.28. The van der Waals surface area contributed by atoms with Gasteiger partial charge >= 0.3 is 0 Å². The Morgan fingerprint density at radius 2 is 2.10 bits per heavy atom. The van der Waals surface area contributed by atoms with Gasteiger partial charge < -0.3 is 13.7 Å². The number of benzene rings is 1. The molecule has 1 atom stereocenters. The fourth-order valence-corrected chi connectivity index (χ4v) is 2.73. The maximum Gasteiger partial charge on any atom is 0.261 e. The van der Waals surface area contributed by atoms with Crippen LogP contribution in [0.2, 0.25) is 0 Å². The number of pyridine rings is 1. The average molecular weight is 267 g/mol. The summed E-state index contributed by atoms with van der Waals surface area (Å²) in [7, 11) is 0. The van der Waals surface area contributed by atoms with E-state index >= 15 is 0 Å². The van der Waals surface area contributed by atoms with Gasteiger partial charge in [-0.15, -0.1) is 0 Å². The van der Waals surface area contributed by atoms with E-state index in [-0.39, 0.29) is 11.7 Å². The number of hydrogen-bond donors (Lipinski definition) is 0. The average Bonchev–Trinajstić information content (AvgIpc) is 3.08. The first-order valence-electron chi connectivity index (χ1n) is 6.62. The monoisotopic (exact) mass is 267 g/mol. The van der Waals surface area contributed by atoms with Crippen molar-refractivity contribution < 1.29 is 9.15 Å². The summed E-state index contributed by atoms with van der Waals surface area (Å²) in [5, 5.41) is 0.614. The lowest BCUT2D eigenvalue weighted by Crippen LogP contribution is -2.28. The molecule has 0 radical (unpaired) electrons. The molecule has 0 N–H and O–H groups in total. The third-order valence-corrected chi connectivity index (χ3v) is 3.71. The molecule has 4 rings (SSSR count). The van der Waals surface area contributed by atoms with Crippen molar-refractivity contribution in [1.29, 1.82) is 0 Å². The van der Waals surface area contributed by atoms with E-state index in [1.165, 1.54) is 5.56 Å². The highest BCUT2D eigenvalue weighted by molar-refractivity contribution is 5.75. The van der Waals surface area contributed by atoms with Crippen LogP contribution in [0.15, 0.2) is 58.1 Å². The van der Waals surface area contributed by atoms with Crippen LogP contribution in [0.5, 0.6) is 5.75 Å². The van der Waals surface area contributed by atoms with Gasteiger partial charge in [0.2, 0.25) is 0 Å². The molecule has 0 spiro atoms. The molecule has 0 saturated carbocycles. The number of ether oxygens (including phenoxy) is 1. The van der Waals surface area contributed by atoms with E-state index in [2.05, 4.69) is 6.07 Å². The van der Waals surface area contributed by atoms with Gasteiger partial charge in [-0.3, -0.25) is 4.79 Å². The second kappa shape index (κ2) is 4.27. The van der Waals surface area contributed by atoms with Crippen molar-refractivity contribution in [3.63, 3.8) is 0 Å². The molecular weight excluding hydrogens is 254 g/mol. The van der Waals surface area contributed by atoms with Crippen molar-refractivity contribution in [2.24, 2.45) is 0 Å². The molecule has 4 heteroatoms. The quantitative estimate of drug-likeness (QED) is 0.717. The Kier molecular flexibility index (Phi) is 2.42. The van der Waals surface area contributed by atoms with Gasteiger partial charge in [-0.25, -0.2) is 0 Å². The summed E-state index contributed by atoms with van der Waals surface area (Å²) in [5.41, 5.74) is 1.80. The van der Waals surface area contributed by atoms with Crippen molar-refractivity contribution in [2.45, 2.75) is 19.1 Å². The largest absolute Gasteiger partial charge is 0.488 e. The minimum absolute atomic E-state index is 0.00875. The van der Waals surface area contributed by atoms with Crippen molar-refractivity contribution in [2.75, 3.05) is 0 Å². The summed E-state index contributed by atoms with van der Waals surface area (Å²) in [6.07, 6.45) is 4.15. The number of fused-ring (bicyclic) bond motifs is 2. The Hall–Kier alpha value is -2.49. The van der Waals surface area contributed by atoms with E-state index in [0.29, 0.717) is 17.5 Å². The predicted molar refractivity (Wildman–Crippen MR) is 75.0 cm³/mol. The molecule has 1 aliphatic heterocycles. The fraction of sp³-hybridized carbons (Fsp3) is 0.188. The number of aromatic nitrogens is 1. The second-order valence-corrected chi connectivity index (χ2v) is 5.02. The van der Waals surface area contributed by atoms with E-state index in [0.717, 1.165) is 12.2 Å². The first-order valence-corrected chi connectivity index (χ1v) is 6.62. The third kappa shape index (κ3) is 1.72. The van der Waals surface area contributed by atoms with E-state index in [4.69, 9.17) is 9.15 Å². The fourth-order valence-electron chi connectivity index (χ4n) is 2.73. The zero-order valence-electron chi connectivity index (χ0n) is 10.8. The maximum absolute atomic E-state index is 12.3. The van der Waals surface area contributed by atoms with E-state index in [9.17, 15) is 4.79 Å². The zero-order chi connectivity index (χ0) is 13.5. The van der Waals surface area contributed by atoms with Crippen LogP contribution in [0.4, 0.5) is 0 Å². The number of para-hydroxylation sites is 1. The van der Waals surface area contributed by atoms with Crippen LogP contribution in [0, 0.1) is 0 Å². The van der Waals surface area contributed by atoms with Crippen LogP contribution in [0.3, 0.4) is 0 Å². The van der Waals surface area contributed by atoms with Crippen LogP contribution in [-0.2, 0) is 13.0 Å². The summed E-state index contributed by atoms with van der Waals surface area (Å²) in [6.45, 7) is 0.550. The van der Waals surface area contributed by atoms with Crippen LogP contribution in [0.25, 0.3) is 11.0 Å². The minimum atomic E-state index is -0.0317. The van der Waals surface area contributed by atoms with E-state index in [1.54, 1.807) is 23.1 Å². The van der Waals surface area contributed by atoms with Crippen molar-refractivity contribution in [3.8, 4) is 5.75 Å². The molecule has 2 aromatic heterocycles. The Morgan fingerprint density at radius 3 is 3.00 bits per heavy atom. The molecule has 100 valence electrons. The van der Waals surface area contributed by atoms with Gasteiger partial charge in [0.05, 0.1) is 18.2 Å². The summed E-state index contributed by atoms with van der Waals surface area (Å²) < 4.78 is 12.8. The Labute approximate surface area is 115 Å². The minimum Gasteiger partial charge on any atom is -0.488 e. The Balaban J connectivity index is 1.63. The molecule has 0 aliphatic carbocycles. The second-order valence-electron chi connectivity index (χ2n) is 5.02. The molecule has 0 saturated heterocycles. The maximum atomic E-state index is 12.3. The molecule has 0 fully saturated rings. The highest BCUT2D eigenvalue weighted by Gasteiger charge is 2.23. The van der Waals surface area contributed by atoms with Gasteiger partial charge in [0.1, 0.15) is 17.4 Å². The molecule has 20 heavy (non-hydrogen) atoms. The smallest absolute Gasteiger partial charge is 0.261 e. The standard InChI is InChI=1S/C16H13NO3/c18-16-13-6-8-19-15(13)5-7-17(16)10-12-9-11-3-1-2-4-14(11)20-12/h1-8,12H,9-10H2. The lowest BCUT2D eigenvalue weighted by molar-refractivity contribution is 0.208. The predicted octanol–water partition coefficient (Wildman–Crippen LogP) is 2.60. The van der Waals surface area contributed by atoms with Crippen molar-refractivity contribution in [1.82, 2.24) is 4.57 Å². The van der Waals surface area contributed by atoms with Crippen molar-refractivity contribution in [3.05, 3.63) is 64.8 Å². The lowest BCUT2D eigenvalue weighted by Gasteiger charge is -2.12. The van der Waals surface area contributed by atoms with Crippen LogP contribution >= 0.6 is 0 Å². The number of hydrogen-bond acceptors (Lipinski definition) is 3. The van der Waals surface area contributed by atoms with Crippen molar-refractivity contribution >= 4 is 11.0 Å². The summed E-state index contributed by atoms with van der Waals surface area (Å²) in [5.74, 6) is 0.926. The summed E-state index contributed by atoms with van der Waals surface area (Å²) >= 11 is 0. The molecule has 0 amide bonds. The number of nitrogens with zero attached hydrogens (tertiary/aromatic N) is 1. The zero-order valence-corrected chi connectivity index (χ0v) is 10.8. The number of rotatable bonds is 2. The Morgan fingerprint density at radius 1 is 1.20 bits per heavy atom. The SMILES string of the molecule is O=c1c2ccoc2ccn1CC1Cc2ccccc2O1. The van der Waals surface area contributed by atoms with Crippen LogP contribution < -0.4 is 10.3 Å². The molecular formula is C16H13NO3. The summed E-state index contributed by atoms with van der Waals surface area (Å²) in [6, 6.07) is 11.5. The van der Waals surface area contributed by atoms with Gasteiger partial charge in [0.25, 0.3) is 5.56 Å². The van der Waals surface area contributed by atoms with E-state index in [1.807, 2.05) is 24.3 Å². The van der Waals surface area contributed by atoms with Gasteiger partial charge in [-0.1, -0.05) is 18.2 Å². The van der Waals surface area contributed by atoms with Crippen LogP contribution in [0.1, 0.15) is 5.56 Å². The van der Waals surface area contributed by atoms with Gasteiger partial charge in [0.15, 0.2) is 0 Å². The molecule has 1 unspecified atom stereocenters. The van der Waals surface area contributed by atoms with Gasteiger partial charge in [0, 0.05) is 12.6 Å². The lowest BCUT2D eigenvalue weighted by atomic mass is 10.1. The summed E-state index contributed by atoms with van der Waals surface area (Å²) in [4.78, 5) is 12.3. The number of furan rings is 1. The van der Waals surface area contributed by atoms with Gasteiger partial charge in [-0.05, 0) is 23.8 Å². The molecule has 1 aromatic carbocycles. The normalized spacial score (nSPS) is 17.1. The highest BCUT2D eigenvalue weighted by atomic mass is 16.5. The molecule has 1 aliphatic rings.